The molecule has 0 aromatic carbocycles. The normalized spacial score (nSPS) is 45.3. The number of aliphatic hydroxyl groups is 4. The van der Waals surface area contributed by atoms with Crippen molar-refractivity contribution in [2.24, 2.45) is 0 Å². The van der Waals surface area contributed by atoms with Gasteiger partial charge in [-0.05, 0) is 6.08 Å². The summed E-state index contributed by atoms with van der Waals surface area (Å²) in [5.41, 5.74) is 0. The number of hydrogen-bond donors (Lipinski definition) is 4. The van der Waals surface area contributed by atoms with E-state index in [0.29, 0.717) is 6.29 Å². The van der Waals surface area contributed by atoms with Crippen LogP contribution < -0.4 is 0 Å². The molecule has 0 aliphatic carbocycles. The summed E-state index contributed by atoms with van der Waals surface area (Å²) >= 11 is 11.4. The highest BCUT2D eigenvalue weighted by atomic mass is 35.5. The summed E-state index contributed by atoms with van der Waals surface area (Å²) in [6, 6.07) is 0. The Morgan fingerprint density at radius 3 is 2.45 bits per heavy atom. The molecule has 0 unspecified atom stereocenters. The number of carbonyl (C=O) groups excluding carboxylic acids is 1. The molecule has 126 valence electrons. The lowest BCUT2D eigenvalue weighted by Crippen LogP contribution is -2.54. The quantitative estimate of drug-likeness (QED) is 0.344. The Bertz CT molecular complexity index is 447. The zero-order chi connectivity index (χ0) is 16.5. The Hall–Kier alpha value is -0.450. The van der Waals surface area contributed by atoms with Crippen molar-refractivity contribution in [3.8, 4) is 0 Å². The molecule has 0 saturated carbocycles. The van der Waals surface area contributed by atoms with Gasteiger partial charge in [-0.15, -0.1) is 23.2 Å². The van der Waals surface area contributed by atoms with Crippen molar-refractivity contribution in [3.63, 3.8) is 0 Å². The Morgan fingerprint density at radius 2 is 1.95 bits per heavy atom. The van der Waals surface area contributed by atoms with Crippen LogP contribution in [0.15, 0.2) is 11.8 Å². The maximum atomic E-state index is 10.8. The first kappa shape index (κ1) is 17.9. The lowest BCUT2D eigenvalue weighted by Gasteiger charge is -2.38. The molecule has 0 aromatic rings. The summed E-state index contributed by atoms with van der Waals surface area (Å²) in [6.45, 7) is 0. The Kier molecular flexibility index (Phi) is 5.68. The highest BCUT2D eigenvalue weighted by Gasteiger charge is 2.57. The molecule has 22 heavy (non-hydrogen) atoms. The van der Waals surface area contributed by atoms with Gasteiger partial charge in [0, 0.05) is 0 Å². The minimum atomic E-state index is -1.91. The van der Waals surface area contributed by atoms with E-state index in [0.717, 1.165) is 6.08 Å². The van der Waals surface area contributed by atoms with E-state index in [4.69, 9.17) is 37.4 Å². The third-order valence-electron chi connectivity index (χ3n) is 3.49. The maximum Gasteiger partial charge on any atom is 0.231 e. The van der Waals surface area contributed by atoms with E-state index < -0.39 is 48.5 Å². The molecule has 2 aliphatic heterocycles. The minimum Gasteiger partial charge on any atom is -0.459 e. The summed E-state index contributed by atoms with van der Waals surface area (Å²) in [5.74, 6) is -2.70. The van der Waals surface area contributed by atoms with Crippen molar-refractivity contribution in [2.75, 3.05) is 11.8 Å². The molecule has 2 heterocycles. The summed E-state index contributed by atoms with van der Waals surface area (Å²) in [5, 5.41) is 39.5. The number of rotatable bonds is 5. The van der Waals surface area contributed by atoms with Gasteiger partial charge in [-0.2, -0.15) is 0 Å². The number of halogens is 2. The molecular weight excluding hydrogens is 343 g/mol. The van der Waals surface area contributed by atoms with Gasteiger partial charge < -0.3 is 34.6 Å². The van der Waals surface area contributed by atoms with Crippen LogP contribution >= 0.6 is 23.2 Å². The van der Waals surface area contributed by atoms with Gasteiger partial charge in [0.2, 0.25) is 12.1 Å². The minimum absolute atomic E-state index is 0.129. The van der Waals surface area contributed by atoms with Crippen LogP contribution in [0.25, 0.3) is 0 Å². The van der Waals surface area contributed by atoms with Gasteiger partial charge in [0.05, 0.1) is 11.8 Å². The van der Waals surface area contributed by atoms with Crippen molar-refractivity contribution in [2.45, 2.75) is 42.6 Å². The number of aliphatic hydroxyl groups excluding tert-OH is 4. The average Bonchev–Trinajstić information content (AvgIpc) is 2.76. The second-order valence-corrected chi connectivity index (χ2v) is 5.54. The predicted molar refractivity (Wildman–Crippen MR) is 73.2 cm³/mol. The zero-order valence-electron chi connectivity index (χ0n) is 11.2. The van der Waals surface area contributed by atoms with Gasteiger partial charge in [0.15, 0.2) is 12.0 Å². The number of hydrogen-bond acceptors (Lipinski definition) is 8. The molecule has 0 radical (unpaired) electrons. The molecule has 0 amide bonds. The molecule has 2 rings (SSSR count). The van der Waals surface area contributed by atoms with Crippen molar-refractivity contribution >= 4 is 29.5 Å². The second-order valence-electron chi connectivity index (χ2n) is 4.96. The fourth-order valence-corrected chi connectivity index (χ4v) is 2.78. The van der Waals surface area contributed by atoms with Crippen LogP contribution in [0, 0.1) is 0 Å². The zero-order valence-corrected chi connectivity index (χ0v) is 12.7. The van der Waals surface area contributed by atoms with Crippen LogP contribution in [-0.2, 0) is 19.0 Å². The lowest BCUT2D eigenvalue weighted by molar-refractivity contribution is -0.329. The topological polar surface area (TPSA) is 126 Å². The Labute approximate surface area is 135 Å². The fourth-order valence-electron chi connectivity index (χ4n) is 2.25. The number of allylic oxidation sites excluding steroid dienone is 1. The van der Waals surface area contributed by atoms with Crippen molar-refractivity contribution in [1.82, 2.24) is 0 Å². The Balaban J connectivity index is 2.20. The van der Waals surface area contributed by atoms with Crippen molar-refractivity contribution < 1.29 is 39.4 Å². The first-order valence-electron chi connectivity index (χ1n) is 6.42. The summed E-state index contributed by atoms with van der Waals surface area (Å²) in [6.07, 6.45) is -7.04. The first-order valence-corrected chi connectivity index (χ1v) is 7.49. The van der Waals surface area contributed by atoms with Crippen molar-refractivity contribution in [3.05, 3.63) is 11.8 Å². The standard InChI is InChI=1S/C12H16Cl2O8/c13-2-7-9(18)10(19)12(4-14,21-7)22-11-8(17)6(16)1-5(3-15)20-11/h1,3,6-11,16-19H,2,4H2/t6-,7+,8+,9+,10-,11+,12-/m0/s1. The van der Waals surface area contributed by atoms with Gasteiger partial charge >= 0.3 is 0 Å². The van der Waals surface area contributed by atoms with Gasteiger partial charge in [-0.3, -0.25) is 4.79 Å². The van der Waals surface area contributed by atoms with Gasteiger partial charge in [-0.25, -0.2) is 0 Å². The molecule has 0 bridgehead atoms. The predicted octanol–water partition coefficient (Wildman–Crippen LogP) is -1.54. The summed E-state index contributed by atoms with van der Waals surface area (Å²) in [7, 11) is 0. The highest BCUT2D eigenvalue weighted by molar-refractivity contribution is 6.19. The van der Waals surface area contributed by atoms with E-state index in [1.165, 1.54) is 0 Å². The van der Waals surface area contributed by atoms with E-state index >= 15 is 0 Å². The van der Waals surface area contributed by atoms with Crippen LogP contribution in [0.5, 0.6) is 0 Å². The smallest absolute Gasteiger partial charge is 0.231 e. The average molecular weight is 359 g/mol. The molecule has 1 fully saturated rings. The molecule has 4 N–H and O–H groups in total. The van der Waals surface area contributed by atoms with E-state index in [2.05, 4.69) is 0 Å². The monoisotopic (exact) mass is 358 g/mol. The number of aldehydes is 1. The summed E-state index contributed by atoms with van der Waals surface area (Å²) in [4.78, 5) is 10.8. The molecular formula is C12H16Cl2O8. The summed E-state index contributed by atoms with van der Waals surface area (Å²) < 4.78 is 15.8. The molecule has 8 nitrogen and oxygen atoms in total. The molecule has 0 spiro atoms. The van der Waals surface area contributed by atoms with Crippen LogP contribution in [0.2, 0.25) is 0 Å². The van der Waals surface area contributed by atoms with E-state index in [1.54, 1.807) is 0 Å². The SMILES string of the molecule is O=CC1=C[C@H](O)[C@@H](O)[C@@H](O[C@]2(CCl)O[C@H](CCl)[C@@H](O)[C@@H]2O)O1. The third-order valence-corrected chi connectivity index (χ3v) is 4.17. The van der Waals surface area contributed by atoms with Gasteiger partial charge in [0.25, 0.3) is 0 Å². The van der Waals surface area contributed by atoms with E-state index in [-0.39, 0.29) is 11.6 Å². The highest BCUT2D eigenvalue weighted by Crippen LogP contribution is 2.37. The van der Waals surface area contributed by atoms with Gasteiger partial charge in [0.1, 0.15) is 30.5 Å². The molecule has 10 heteroatoms. The lowest BCUT2D eigenvalue weighted by atomic mass is 10.1. The van der Waals surface area contributed by atoms with Crippen LogP contribution in [0.3, 0.4) is 0 Å². The van der Waals surface area contributed by atoms with E-state index in [9.17, 15) is 25.2 Å². The molecule has 2 aliphatic rings. The molecule has 7 atom stereocenters. The first-order chi connectivity index (χ1) is 10.4. The number of carbonyl (C=O) groups is 1. The van der Waals surface area contributed by atoms with Crippen LogP contribution in [0.4, 0.5) is 0 Å². The Morgan fingerprint density at radius 1 is 1.27 bits per heavy atom. The third kappa shape index (κ3) is 3.10. The second kappa shape index (κ2) is 6.98. The largest absolute Gasteiger partial charge is 0.459 e. The fraction of sp³-hybridized carbons (Fsp3) is 0.750. The van der Waals surface area contributed by atoms with E-state index in [1.807, 2.05) is 0 Å². The molecule has 0 aromatic heterocycles. The number of ether oxygens (including phenoxy) is 3. The number of alkyl halides is 2. The van der Waals surface area contributed by atoms with Crippen LogP contribution in [0.1, 0.15) is 0 Å². The maximum absolute atomic E-state index is 10.8. The van der Waals surface area contributed by atoms with Gasteiger partial charge in [-0.1, -0.05) is 0 Å². The van der Waals surface area contributed by atoms with Crippen molar-refractivity contribution in [1.29, 1.82) is 0 Å². The molecule has 1 saturated heterocycles. The van der Waals surface area contributed by atoms with Crippen LogP contribution in [-0.4, -0.2) is 81.1 Å².